The number of nitrogens with zero attached hydrogens (tertiary/aromatic N) is 6. The van der Waals surface area contributed by atoms with E-state index in [0.717, 1.165) is 67.1 Å². The molecule has 662 valence electrons. The fraction of sp³-hybridized carbons (Fsp3) is 0.105. The van der Waals surface area contributed by atoms with Crippen molar-refractivity contribution in [3.63, 3.8) is 0 Å². The summed E-state index contributed by atoms with van der Waals surface area (Å²) < 4.78 is 44.2. The number of carboxylic acid groups (broad SMARTS) is 5. The average molecular weight is 1780 g/mol. The minimum Gasteiger partial charge on any atom is -0.506 e. The van der Waals surface area contributed by atoms with Crippen molar-refractivity contribution in [3.05, 3.63) is 332 Å². The first kappa shape index (κ1) is 89.4. The van der Waals surface area contributed by atoms with Crippen LogP contribution in [-0.4, -0.2) is 144 Å². The van der Waals surface area contributed by atoms with Crippen LogP contribution in [0.2, 0.25) is 0 Å². The molecule has 0 aliphatic heterocycles. The molecular formula is C95H76F3N13O20. The maximum atomic E-state index is 12.8. The summed E-state index contributed by atoms with van der Waals surface area (Å²) in [4.78, 5) is 148. The summed E-state index contributed by atoms with van der Waals surface area (Å²) in [6.07, 6.45) is 7.76. The maximum absolute atomic E-state index is 12.8. The van der Waals surface area contributed by atoms with Crippen molar-refractivity contribution in [1.82, 2.24) is 63.5 Å². The number of hydrogen-bond acceptors (Lipinski definition) is 18. The summed E-state index contributed by atoms with van der Waals surface area (Å²) in [6, 6.07) is 53.3. The molecule has 36 heteroatoms. The fourth-order valence-corrected chi connectivity index (χ4v) is 15.4. The quantitative estimate of drug-likeness (QED) is 0.0402. The van der Waals surface area contributed by atoms with E-state index in [1.54, 1.807) is 93.4 Å². The molecular weight excluding hydrogens is 1700 g/mol. The number of carbonyl (C=O) groups is 5. The van der Waals surface area contributed by atoms with Gasteiger partial charge in [0, 0.05) is 103 Å². The Labute approximate surface area is 734 Å². The van der Waals surface area contributed by atoms with Crippen molar-refractivity contribution in [2.24, 2.45) is 0 Å². The highest BCUT2D eigenvalue weighted by Gasteiger charge is 2.32. The van der Waals surface area contributed by atoms with Crippen molar-refractivity contribution in [2.45, 2.75) is 66.5 Å². The van der Waals surface area contributed by atoms with Crippen LogP contribution in [0.3, 0.4) is 0 Å². The number of aromatic amines is 7. The minimum atomic E-state index is -4.41. The number of hydrogen-bond donors (Lipinski definition) is 17. The van der Waals surface area contributed by atoms with Gasteiger partial charge in [-0.2, -0.15) is 13.2 Å². The van der Waals surface area contributed by atoms with Gasteiger partial charge in [-0.3, -0.25) is 24.0 Å². The van der Waals surface area contributed by atoms with Crippen molar-refractivity contribution >= 4 is 84.6 Å². The zero-order valence-corrected chi connectivity index (χ0v) is 69.5. The molecule has 18 rings (SSSR count). The van der Waals surface area contributed by atoms with E-state index in [0.29, 0.717) is 115 Å². The van der Waals surface area contributed by atoms with E-state index in [4.69, 9.17) is 10.2 Å². The number of halogens is 3. The predicted molar refractivity (Wildman–Crippen MR) is 480 cm³/mol. The molecule has 0 atom stereocenters. The van der Waals surface area contributed by atoms with E-state index in [1.807, 2.05) is 138 Å². The maximum Gasteiger partial charge on any atom is 0.416 e. The molecule has 0 unspecified atom stereocenters. The summed E-state index contributed by atoms with van der Waals surface area (Å²) in [7, 11) is 0. The Morgan fingerprint density at radius 2 is 0.695 bits per heavy atom. The molecule has 13 heterocycles. The molecule has 0 bridgehead atoms. The van der Waals surface area contributed by atoms with Crippen LogP contribution < -0.4 is 27.8 Å². The molecule has 0 amide bonds. The summed E-state index contributed by atoms with van der Waals surface area (Å²) in [6.45, 7) is 8.59. The monoisotopic (exact) mass is 1780 g/mol. The van der Waals surface area contributed by atoms with Gasteiger partial charge in [-0.05, 0) is 189 Å². The standard InChI is InChI=1S/C23H17F3N2O4.C22H18N2O4.C21H17N3O4.C15H13N3O4.C14H11N3O4/c1-2-16-19(27-21(30)18(20(16)29)22(31)32)13-3-8-17-12(11-13)9-10-28(17)15-6-4-14(5-7-15)23(24,25)26;1-2-16-19(23-21(26)18(20(16)25)22(27)28)14-8-9-17-13(12-14)10-11-24(17)15-6-4-3-5-7-15;1-2-14-18(23-20(26)17(19(14)25)21(27)28)13-6-7-15-12(11-13)8-10-24(15)16-5-3-4-9-22-16;1-2-8-11(18-14(20)10(12(8)19)15(21)22)9-4-3-7-5-6-16-13(7)17-9;1-6-10(17-13(19)9(11(6)18)14(20)21)8-3-2-7-4-5-15-12(7)16-8/h3-11H,2H2,1H3,(H,31,32)(H2,27,29,30);3-12H,2H2,1H3,(H,27,28)(H2,23,25,26);3-11H,2H2,1H3,(H,27,28)(H2,23,25,26);3-6H,2H2,1H3,(H,16,17)(H,21,22)(H2,18,19,20);2-5H,1H3,(H,15,16)(H,20,21)(H2,17,18,19). The van der Waals surface area contributed by atoms with E-state index in [-0.39, 0.29) is 12.0 Å². The largest absolute Gasteiger partial charge is 0.506 e. The van der Waals surface area contributed by atoms with Crippen molar-refractivity contribution in [1.29, 1.82) is 0 Å². The molecule has 13 aromatic heterocycles. The first-order valence-electron chi connectivity index (χ1n) is 40.1. The van der Waals surface area contributed by atoms with E-state index >= 15 is 0 Å². The lowest BCUT2D eigenvalue weighted by atomic mass is 9.99. The van der Waals surface area contributed by atoms with E-state index in [9.17, 15) is 102 Å². The number of fused-ring (bicyclic) bond motifs is 5. The number of aromatic hydroxyl groups is 5. The predicted octanol–water partition coefficient (Wildman–Crippen LogP) is 15.8. The van der Waals surface area contributed by atoms with Crippen LogP contribution in [0.5, 0.6) is 28.7 Å². The van der Waals surface area contributed by atoms with Crippen LogP contribution >= 0.6 is 0 Å². The normalized spacial score (nSPS) is 11.2. The van der Waals surface area contributed by atoms with E-state index in [2.05, 4.69) is 54.4 Å². The highest BCUT2D eigenvalue weighted by atomic mass is 19.4. The van der Waals surface area contributed by atoms with Crippen LogP contribution in [0, 0.1) is 6.92 Å². The third-order valence-corrected chi connectivity index (χ3v) is 21.7. The number of H-pyrrole nitrogens is 7. The second kappa shape index (κ2) is 36.8. The lowest BCUT2D eigenvalue weighted by Gasteiger charge is -2.13. The SMILES string of the molecule is CCc1c(-c2ccc3c(ccn3-c3ccc(C(F)(F)F)cc3)c2)[nH]c(=O)c(C(=O)O)c1O.CCc1c(-c2ccc3c(ccn3-c3ccccc3)c2)[nH]c(=O)c(C(=O)O)c1O.CCc1c(-c2ccc3c(ccn3-c3ccccn3)c2)[nH]c(=O)c(C(=O)O)c1O.CCc1c(-c2ccc3cc[nH]c3n2)[nH]c(=O)c(C(=O)O)c1O.Cc1c(-c2ccc3cc[nH]c3n2)[nH]c(=O)c(C(=O)O)c1O. The van der Waals surface area contributed by atoms with Crippen molar-refractivity contribution in [3.8, 4) is 102 Å². The lowest BCUT2D eigenvalue weighted by molar-refractivity contribution is -0.137. The number of benzene rings is 5. The number of pyridine rings is 8. The number of aromatic carboxylic acids is 5. The third-order valence-electron chi connectivity index (χ3n) is 21.7. The fourth-order valence-electron chi connectivity index (χ4n) is 15.4. The number of para-hydroxylation sites is 1. The number of alkyl halides is 3. The van der Waals surface area contributed by atoms with Gasteiger partial charge in [0.1, 0.15) is 45.9 Å². The molecule has 0 aliphatic rings. The van der Waals surface area contributed by atoms with Gasteiger partial charge in [-0.15, -0.1) is 0 Å². The van der Waals surface area contributed by atoms with Crippen molar-refractivity contribution in [2.75, 3.05) is 0 Å². The number of nitrogens with one attached hydrogen (secondary N) is 7. The summed E-state index contributed by atoms with van der Waals surface area (Å²) in [5, 5.41) is 101. The Morgan fingerprint density at radius 1 is 0.359 bits per heavy atom. The van der Waals surface area contributed by atoms with Crippen LogP contribution in [0.1, 0.15) is 113 Å². The molecule has 0 fully saturated rings. The second-order valence-electron chi connectivity index (χ2n) is 29.4. The van der Waals surface area contributed by atoms with Gasteiger partial charge in [0.2, 0.25) is 0 Å². The smallest absolute Gasteiger partial charge is 0.416 e. The Balaban J connectivity index is 0.000000133. The minimum absolute atomic E-state index is 0.255. The van der Waals surface area contributed by atoms with Crippen LogP contribution in [0.25, 0.3) is 129 Å². The summed E-state index contributed by atoms with van der Waals surface area (Å²) in [5.74, 6) is -9.17. The molecule has 0 saturated heterocycles. The lowest BCUT2D eigenvalue weighted by Crippen LogP contribution is -2.20. The molecule has 0 spiro atoms. The highest BCUT2D eigenvalue weighted by Crippen LogP contribution is 2.39. The van der Waals surface area contributed by atoms with Gasteiger partial charge in [0.25, 0.3) is 27.8 Å². The number of carboxylic acids is 5. The second-order valence-corrected chi connectivity index (χ2v) is 29.4. The van der Waals surface area contributed by atoms with Crippen molar-refractivity contribution < 1.29 is 88.2 Å². The van der Waals surface area contributed by atoms with E-state index < -0.39 is 126 Å². The van der Waals surface area contributed by atoms with Gasteiger partial charge < -0.3 is 99.7 Å². The Morgan fingerprint density at radius 3 is 1.06 bits per heavy atom. The topological polar surface area (TPSA) is 537 Å². The average Bonchev–Trinajstić information content (AvgIpc) is 1.56. The highest BCUT2D eigenvalue weighted by molar-refractivity contribution is 5.97. The zero-order chi connectivity index (χ0) is 93.9. The van der Waals surface area contributed by atoms with Crippen LogP contribution in [0.4, 0.5) is 13.2 Å². The van der Waals surface area contributed by atoms with Gasteiger partial charge in [-0.1, -0.05) is 70.2 Å². The van der Waals surface area contributed by atoms with Gasteiger partial charge in [0.05, 0.1) is 62.0 Å². The molecule has 0 saturated carbocycles. The van der Waals surface area contributed by atoms with E-state index in [1.165, 1.54) is 19.1 Å². The Hall–Kier alpha value is -17.9. The molecule has 33 nitrogen and oxygen atoms in total. The van der Waals surface area contributed by atoms with Gasteiger partial charge in [-0.25, -0.2) is 38.9 Å². The Kier molecular flexibility index (Phi) is 25.1. The molecule has 18 aromatic rings. The summed E-state index contributed by atoms with van der Waals surface area (Å²) >= 11 is 0. The first-order valence-corrected chi connectivity index (χ1v) is 40.1. The number of rotatable bonds is 17. The molecule has 5 aromatic carbocycles. The summed E-state index contributed by atoms with van der Waals surface area (Å²) in [5.41, 5.74) is 3.52. The zero-order valence-electron chi connectivity index (χ0n) is 69.5. The molecule has 131 heavy (non-hydrogen) atoms. The van der Waals surface area contributed by atoms with Crippen LogP contribution in [-0.2, 0) is 31.9 Å². The van der Waals surface area contributed by atoms with Crippen LogP contribution in [0.15, 0.2) is 243 Å². The first-order chi connectivity index (χ1) is 62.6. The Bertz CT molecular complexity index is 7710. The third kappa shape index (κ3) is 17.6. The molecule has 0 radical (unpaired) electrons. The molecule has 0 aliphatic carbocycles. The van der Waals surface area contributed by atoms with Gasteiger partial charge >= 0.3 is 36.0 Å². The number of aromatic nitrogens is 13. The molecule has 17 N–H and O–H groups in total. The van der Waals surface area contributed by atoms with Gasteiger partial charge in [0.15, 0.2) is 27.8 Å².